The molecule has 0 bridgehead atoms. The van der Waals surface area contributed by atoms with Gasteiger partial charge in [0, 0.05) is 16.9 Å². The molecule has 3 aromatic rings. The third kappa shape index (κ3) is 4.33. The number of aliphatic hydroxyl groups is 1. The van der Waals surface area contributed by atoms with Gasteiger partial charge < -0.3 is 26.2 Å². The van der Waals surface area contributed by atoms with E-state index in [1.807, 2.05) is 36.4 Å². The lowest BCUT2D eigenvalue weighted by molar-refractivity contribution is 0.100. The third-order valence-corrected chi connectivity index (χ3v) is 4.47. The summed E-state index contributed by atoms with van der Waals surface area (Å²) in [5, 5.41) is 22.5. The Morgan fingerprint density at radius 3 is 2.22 bits per heavy atom. The summed E-state index contributed by atoms with van der Waals surface area (Å²) < 4.78 is 0.296. The third-order valence-electron chi connectivity index (χ3n) is 4.16. The second kappa shape index (κ2) is 8.03. The molecule has 2 aromatic carbocycles. The lowest BCUT2D eigenvalue weighted by Crippen LogP contribution is -2.10. The van der Waals surface area contributed by atoms with Gasteiger partial charge in [-0.3, -0.25) is 4.79 Å². The molecule has 0 saturated carbocycles. The number of amides is 1. The number of primary amides is 1. The van der Waals surface area contributed by atoms with Crippen molar-refractivity contribution in [3.05, 3.63) is 76.1 Å². The molecular formula is C20H19N3O3S. The average molecular weight is 381 g/mol. The number of rotatable bonds is 6. The molecule has 6 N–H and O–H groups in total. The highest BCUT2D eigenvalue weighted by molar-refractivity contribution is 7.71. The maximum atomic E-state index is 11.1. The highest BCUT2D eigenvalue weighted by atomic mass is 32.1. The van der Waals surface area contributed by atoms with Crippen molar-refractivity contribution in [2.75, 3.05) is 5.32 Å². The largest absolute Gasteiger partial charge is 0.505 e. The number of aromatic amines is 1. The van der Waals surface area contributed by atoms with E-state index >= 15 is 0 Å². The number of benzene rings is 2. The van der Waals surface area contributed by atoms with Crippen LogP contribution < -0.4 is 11.1 Å². The second-order valence-corrected chi connectivity index (χ2v) is 6.46. The molecule has 1 heterocycles. The van der Waals surface area contributed by atoms with Gasteiger partial charge in [0.2, 0.25) is 5.91 Å². The minimum absolute atomic E-state index is 0.000797. The van der Waals surface area contributed by atoms with Crippen molar-refractivity contribution in [3.63, 3.8) is 0 Å². The van der Waals surface area contributed by atoms with Crippen LogP contribution in [0.2, 0.25) is 0 Å². The average Bonchev–Trinajstić information content (AvgIpc) is 2.69. The molecule has 0 atom stereocenters. The Morgan fingerprint density at radius 1 is 1.07 bits per heavy atom. The number of carbonyl (C=O) groups excluding carboxylic acids is 1. The molecule has 0 aliphatic rings. The molecule has 1 amide bonds. The van der Waals surface area contributed by atoms with E-state index in [0.717, 1.165) is 16.8 Å². The number of H-pyrrole nitrogens is 1. The van der Waals surface area contributed by atoms with Crippen LogP contribution in [0.4, 0.5) is 5.69 Å². The summed E-state index contributed by atoms with van der Waals surface area (Å²) >= 11 is 5.08. The van der Waals surface area contributed by atoms with Crippen molar-refractivity contribution in [3.8, 4) is 16.9 Å². The molecule has 0 aliphatic heterocycles. The minimum Gasteiger partial charge on any atom is -0.505 e. The number of nitrogens with two attached hydrogens (primary N) is 1. The summed E-state index contributed by atoms with van der Waals surface area (Å²) in [6, 6.07) is 16.4. The normalized spacial score (nSPS) is 10.6. The molecule has 7 heteroatoms. The zero-order chi connectivity index (χ0) is 19.4. The zero-order valence-electron chi connectivity index (χ0n) is 14.4. The van der Waals surface area contributed by atoms with Crippen LogP contribution >= 0.6 is 12.2 Å². The van der Waals surface area contributed by atoms with Gasteiger partial charge in [-0.15, -0.1) is 0 Å². The van der Waals surface area contributed by atoms with E-state index in [2.05, 4.69) is 10.3 Å². The number of hydrogen-bond acceptors (Lipinski definition) is 5. The van der Waals surface area contributed by atoms with Gasteiger partial charge in [0.05, 0.1) is 23.4 Å². The maximum absolute atomic E-state index is 11.1. The number of hydrogen-bond donors (Lipinski definition) is 5. The molecule has 1 aromatic heterocycles. The second-order valence-electron chi connectivity index (χ2n) is 6.02. The highest BCUT2D eigenvalue weighted by Gasteiger charge is 2.06. The summed E-state index contributed by atoms with van der Waals surface area (Å²) in [6.07, 6.45) is 0. The molecule has 138 valence electrons. The maximum Gasteiger partial charge on any atom is 0.248 e. The first-order valence-electron chi connectivity index (χ1n) is 8.27. The first-order chi connectivity index (χ1) is 13.0. The van der Waals surface area contributed by atoms with Gasteiger partial charge >= 0.3 is 0 Å². The van der Waals surface area contributed by atoms with Crippen LogP contribution in [0.15, 0.2) is 54.6 Å². The number of nitrogens with one attached hydrogen (secondary N) is 2. The minimum atomic E-state index is -0.450. The Labute approximate surface area is 161 Å². The van der Waals surface area contributed by atoms with Crippen LogP contribution in [0.5, 0.6) is 5.75 Å². The molecule has 0 fully saturated rings. The summed E-state index contributed by atoms with van der Waals surface area (Å²) in [4.78, 5) is 14.1. The van der Waals surface area contributed by atoms with E-state index in [4.69, 9.17) is 18.0 Å². The SMILES string of the molecule is NC(=O)c1ccc(-c2ccc(NCc3[nH]c(CO)cc(=S)c3O)cc2)cc1. The fourth-order valence-corrected chi connectivity index (χ4v) is 2.94. The molecule has 0 unspecified atom stereocenters. The summed E-state index contributed by atoms with van der Waals surface area (Å²) in [5.74, 6) is -0.450. The van der Waals surface area contributed by atoms with Gasteiger partial charge in [-0.2, -0.15) is 0 Å². The van der Waals surface area contributed by atoms with Crippen LogP contribution in [0.1, 0.15) is 21.7 Å². The molecule has 0 saturated heterocycles. The highest BCUT2D eigenvalue weighted by Crippen LogP contribution is 2.23. The van der Waals surface area contributed by atoms with Gasteiger partial charge in [0.1, 0.15) is 0 Å². The zero-order valence-corrected chi connectivity index (χ0v) is 15.2. The number of aliphatic hydroxyl groups excluding tert-OH is 1. The van der Waals surface area contributed by atoms with Gasteiger partial charge in [0.25, 0.3) is 0 Å². The Hall–Kier alpha value is -3.16. The quantitative estimate of drug-likeness (QED) is 0.421. The van der Waals surface area contributed by atoms with Crippen molar-refractivity contribution < 1.29 is 15.0 Å². The fraction of sp³-hybridized carbons (Fsp3) is 0.100. The van der Waals surface area contributed by atoms with Crippen LogP contribution in [-0.4, -0.2) is 21.1 Å². The molecule has 6 nitrogen and oxygen atoms in total. The van der Waals surface area contributed by atoms with E-state index in [-0.39, 0.29) is 12.4 Å². The monoisotopic (exact) mass is 381 g/mol. The summed E-state index contributed by atoms with van der Waals surface area (Å²) in [6.45, 7) is 0.149. The van der Waals surface area contributed by atoms with Gasteiger partial charge in [-0.1, -0.05) is 36.5 Å². The van der Waals surface area contributed by atoms with Gasteiger partial charge in [-0.05, 0) is 41.5 Å². The molecule has 0 aliphatic carbocycles. The van der Waals surface area contributed by atoms with Gasteiger partial charge in [0.15, 0.2) is 5.75 Å². The fourth-order valence-electron chi connectivity index (χ4n) is 2.68. The molecule has 27 heavy (non-hydrogen) atoms. The number of pyridine rings is 1. The predicted molar refractivity (Wildman–Crippen MR) is 107 cm³/mol. The standard InChI is InChI=1S/C20H19N3O3S/c21-20(26)14-3-1-12(2-4-14)13-5-7-15(8-6-13)22-10-17-19(25)18(27)9-16(11-24)23-17/h1-9,22,24-25H,10-11H2,(H2,21,26)(H,23,27). The lowest BCUT2D eigenvalue weighted by Gasteiger charge is -2.11. The van der Waals surface area contributed by atoms with Crippen molar-refractivity contribution in [1.29, 1.82) is 0 Å². The van der Waals surface area contributed by atoms with Crippen molar-refractivity contribution in [2.24, 2.45) is 5.73 Å². The Balaban J connectivity index is 1.72. The van der Waals surface area contributed by atoms with Crippen LogP contribution in [-0.2, 0) is 13.2 Å². The van der Waals surface area contributed by atoms with E-state index in [9.17, 15) is 15.0 Å². The first-order valence-corrected chi connectivity index (χ1v) is 8.68. The molecule has 3 rings (SSSR count). The molecule has 0 spiro atoms. The lowest BCUT2D eigenvalue weighted by atomic mass is 10.0. The first kappa shape index (κ1) is 18.6. The van der Waals surface area contributed by atoms with E-state index in [1.54, 1.807) is 12.1 Å². The Kier molecular flexibility index (Phi) is 5.54. The topological polar surface area (TPSA) is 111 Å². The van der Waals surface area contributed by atoms with Crippen LogP contribution in [0.3, 0.4) is 0 Å². The van der Waals surface area contributed by atoms with E-state index in [1.165, 1.54) is 6.07 Å². The number of carbonyl (C=O) groups is 1. The Morgan fingerprint density at radius 2 is 1.67 bits per heavy atom. The van der Waals surface area contributed by atoms with Gasteiger partial charge in [-0.25, -0.2) is 0 Å². The number of aromatic nitrogens is 1. The Bertz CT molecular complexity index is 1010. The summed E-state index contributed by atoms with van der Waals surface area (Å²) in [7, 11) is 0. The van der Waals surface area contributed by atoms with E-state index in [0.29, 0.717) is 28.0 Å². The van der Waals surface area contributed by atoms with Crippen molar-refractivity contribution in [2.45, 2.75) is 13.2 Å². The van der Waals surface area contributed by atoms with Crippen molar-refractivity contribution >= 4 is 23.8 Å². The van der Waals surface area contributed by atoms with Crippen molar-refractivity contribution in [1.82, 2.24) is 4.98 Å². The molecular weight excluding hydrogens is 362 g/mol. The predicted octanol–water partition coefficient (Wildman–Crippen LogP) is 3.32. The number of anilines is 1. The van der Waals surface area contributed by atoms with Crippen LogP contribution in [0, 0.1) is 4.51 Å². The molecule has 0 radical (unpaired) electrons. The summed E-state index contributed by atoms with van der Waals surface area (Å²) in [5.41, 5.74) is 9.62. The van der Waals surface area contributed by atoms with Crippen LogP contribution in [0.25, 0.3) is 11.1 Å². The smallest absolute Gasteiger partial charge is 0.248 e. The van der Waals surface area contributed by atoms with E-state index < -0.39 is 5.91 Å². The number of aromatic hydroxyl groups is 1.